The molecule has 0 radical (unpaired) electrons. The number of benzene rings is 2. The van der Waals surface area contributed by atoms with Crippen molar-refractivity contribution in [2.45, 2.75) is 12.5 Å². The minimum Gasteiger partial charge on any atom is -0.495 e. The fraction of sp³-hybridized carbons (Fsp3) is 0.222. The molecule has 0 unspecified atom stereocenters. The van der Waals surface area contributed by atoms with Gasteiger partial charge in [-0.1, -0.05) is 30.3 Å². The van der Waals surface area contributed by atoms with Gasteiger partial charge in [-0.05, 0) is 30.7 Å². The number of hydrogen-bond acceptors (Lipinski definition) is 3. The summed E-state index contributed by atoms with van der Waals surface area (Å²) in [6.45, 7) is 0.586. The van der Waals surface area contributed by atoms with Gasteiger partial charge in [0.05, 0.1) is 12.8 Å². The SMILES string of the molecule is COc1ccccc1NC(=O)N[C@H]1CCN(c2ccccc2)C1=O. The van der Waals surface area contributed by atoms with E-state index in [0.29, 0.717) is 24.4 Å². The monoisotopic (exact) mass is 325 g/mol. The lowest BCUT2D eigenvalue weighted by Crippen LogP contribution is -2.43. The molecule has 0 aliphatic carbocycles. The molecule has 6 nitrogen and oxygen atoms in total. The van der Waals surface area contributed by atoms with Crippen LogP contribution >= 0.6 is 0 Å². The van der Waals surface area contributed by atoms with Crippen molar-refractivity contribution in [1.29, 1.82) is 0 Å². The van der Waals surface area contributed by atoms with E-state index in [0.717, 1.165) is 5.69 Å². The highest BCUT2D eigenvalue weighted by Gasteiger charge is 2.33. The molecule has 1 saturated heterocycles. The summed E-state index contributed by atoms with van der Waals surface area (Å²) in [5.41, 5.74) is 1.40. The fourth-order valence-corrected chi connectivity index (χ4v) is 2.74. The van der Waals surface area contributed by atoms with Gasteiger partial charge in [-0.2, -0.15) is 0 Å². The number of nitrogens with zero attached hydrogens (tertiary/aromatic N) is 1. The molecule has 1 atom stereocenters. The van der Waals surface area contributed by atoms with Crippen LogP contribution in [-0.4, -0.2) is 31.6 Å². The van der Waals surface area contributed by atoms with Gasteiger partial charge in [-0.15, -0.1) is 0 Å². The number of rotatable bonds is 4. The normalized spacial score (nSPS) is 16.8. The molecule has 2 N–H and O–H groups in total. The average molecular weight is 325 g/mol. The van der Waals surface area contributed by atoms with Crippen molar-refractivity contribution in [2.24, 2.45) is 0 Å². The Morgan fingerprint density at radius 3 is 2.58 bits per heavy atom. The molecule has 1 aliphatic rings. The molecule has 0 bridgehead atoms. The van der Waals surface area contributed by atoms with Gasteiger partial charge in [0, 0.05) is 12.2 Å². The molecule has 0 spiro atoms. The van der Waals surface area contributed by atoms with Gasteiger partial charge in [0.15, 0.2) is 0 Å². The van der Waals surface area contributed by atoms with Gasteiger partial charge in [0.2, 0.25) is 5.91 Å². The van der Waals surface area contributed by atoms with Gasteiger partial charge in [0.25, 0.3) is 0 Å². The lowest BCUT2D eigenvalue weighted by molar-refractivity contribution is -0.118. The topological polar surface area (TPSA) is 70.7 Å². The minimum absolute atomic E-state index is 0.101. The molecular formula is C18H19N3O3. The molecular weight excluding hydrogens is 306 g/mol. The number of carbonyl (C=O) groups is 2. The first-order valence-corrected chi connectivity index (χ1v) is 7.76. The van der Waals surface area contributed by atoms with Crippen LogP contribution in [0.3, 0.4) is 0 Å². The van der Waals surface area contributed by atoms with E-state index in [4.69, 9.17) is 4.74 Å². The van der Waals surface area contributed by atoms with Crippen molar-refractivity contribution in [3.8, 4) is 5.75 Å². The van der Waals surface area contributed by atoms with Crippen LogP contribution < -0.4 is 20.3 Å². The van der Waals surface area contributed by atoms with Crippen molar-refractivity contribution in [3.05, 3.63) is 54.6 Å². The zero-order chi connectivity index (χ0) is 16.9. The van der Waals surface area contributed by atoms with Crippen molar-refractivity contribution in [1.82, 2.24) is 5.32 Å². The van der Waals surface area contributed by atoms with E-state index in [1.807, 2.05) is 36.4 Å². The standard InChI is InChI=1S/C18H19N3O3/c1-24-16-10-6-5-9-14(16)19-18(23)20-15-11-12-21(17(15)22)13-7-3-2-4-8-13/h2-10,15H,11-12H2,1H3,(H2,19,20,23)/t15-/m0/s1. The number of nitrogens with one attached hydrogen (secondary N) is 2. The van der Waals surface area contributed by atoms with Crippen LogP contribution in [0, 0.1) is 0 Å². The summed E-state index contributed by atoms with van der Waals surface area (Å²) in [7, 11) is 1.54. The van der Waals surface area contributed by atoms with Gasteiger partial charge < -0.3 is 20.3 Å². The molecule has 2 aromatic rings. The minimum atomic E-state index is -0.528. The van der Waals surface area contributed by atoms with Crippen LogP contribution in [0.25, 0.3) is 0 Å². The zero-order valence-electron chi connectivity index (χ0n) is 13.4. The van der Waals surface area contributed by atoms with E-state index in [-0.39, 0.29) is 5.91 Å². The first-order valence-electron chi connectivity index (χ1n) is 7.76. The lowest BCUT2D eigenvalue weighted by Gasteiger charge is -2.17. The quantitative estimate of drug-likeness (QED) is 0.908. The highest BCUT2D eigenvalue weighted by atomic mass is 16.5. The summed E-state index contributed by atoms with van der Waals surface area (Å²) in [6.07, 6.45) is 0.576. The van der Waals surface area contributed by atoms with Gasteiger partial charge in [-0.3, -0.25) is 4.79 Å². The number of carbonyl (C=O) groups excluding carboxylic acids is 2. The van der Waals surface area contributed by atoms with Crippen LogP contribution in [0.2, 0.25) is 0 Å². The van der Waals surface area contributed by atoms with E-state index in [9.17, 15) is 9.59 Å². The zero-order valence-corrected chi connectivity index (χ0v) is 13.4. The average Bonchev–Trinajstić information content (AvgIpc) is 2.97. The molecule has 3 rings (SSSR count). The Hall–Kier alpha value is -3.02. The van der Waals surface area contributed by atoms with E-state index >= 15 is 0 Å². The van der Waals surface area contributed by atoms with Crippen LogP contribution in [0.4, 0.5) is 16.2 Å². The Labute approximate surface area is 140 Å². The summed E-state index contributed by atoms with van der Waals surface area (Å²) in [5.74, 6) is 0.465. The number of hydrogen-bond donors (Lipinski definition) is 2. The van der Waals surface area contributed by atoms with Crippen LogP contribution in [0.15, 0.2) is 54.6 Å². The smallest absolute Gasteiger partial charge is 0.319 e. The Morgan fingerprint density at radius 2 is 1.83 bits per heavy atom. The summed E-state index contributed by atoms with van der Waals surface area (Å²) in [5, 5.41) is 5.45. The number of ether oxygens (including phenoxy) is 1. The van der Waals surface area contributed by atoms with E-state index in [1.165, 1.54) is 7.11 Å². The number of urea groups is 1. The van der Waals surface area contributed by atoms with Gasteiger partial charge in [-0.25, -0.2) is 4.79 Å². The van der Waals surface area contributed by atoms with Crippen molar-refractivity contribution >= 4 is 23.3 Å². The molecule has 1 aliphatic heterocycles. The summed E-state index contributed by atoms with van der Waals surface area (Å²) in [6, 6.07) is 15.6. The van der Waals surface area contributed by atoms with Crippen LogP contribution in [0.5, 0.6) is 5.75 Å². The Balaban J connectivity index is 1.62. The van der Waals surface area contributed by atoms with Gasteiger partial charge in [0.1, 0.15) is 11.8 Å². The maximum Gasteiger partial charge on any atom is 0.319 e. The largest absolute Gasteiger partial charge is 0.495 e. The molecule has 6 heteroatoms. The molecule has 0 saturated carbocycles. The third kappa shape index (κ3) is 3.32. The molecule has 124 valence electrons. The fourth-order valence-electron chi connectivity index (χ4n) is 2.74. The molecule has 2 aromatic carbocycles. The predicted octanol–water partition coefficient (Wildman–Crippen LogP) is 2.62. The van der Waals surface area contributed by atoms with Crippen LogP contribution in [0.1, 0.15) is 6.42 Å². The first-order chi connectivity index (χ1) is 11.7. The maximum atomic E-state index is 12.5. The van der Waals surface area contributed by atoms with E-state index < -0.39 is 12.1 Å². The highest BCUT2D eigenvalue weighted by molar-refractivity contribution is 6.02. The number of amides is 3. The molecule has 1 fully saturated rings. The molecule has 0 aromatic heterocycles. The number of anilines is 2. The third-order valence-electron chi connectivity index (χ3n) is 3.93. The van der Waals surface area contributed by atoms with Crippen molar-refractivity contribution in [2.75, 3.05) is 23.9 Å². The maximum absolute atomic E-state index is 12.5. The Morgan fingerprint density at radius 1 is 1.12 bits per heavy atom. The lowest BCUT2D eigenvalue weighted by atomic mass is 10.2. The summed E-state index contributed by atoms with van der Waals surface area (Å²) < 4.78 is 5.19. The molecule has 3 amide bonds. The summed E-state index contributed by atoms with van der Waals surface area (Å²) in [4.78, 5) is 26.3. The highest BCUT2D eigenvalue weighted by Crippen LogP contribution is 2.24. The van der Waals surface area contributed by atoms with Crippen LogP contribution in [-0.2, 0) is 4.79 Å². The van der Waals surface area contributed by atoms with Gasteiger partial charge >= 0.3 is 6.03 Å². The van der Waals surface area contributed by atoms with Crippen molar-refractivity contribution in [3.63, 3.8) is 0 Å². The first kappa shape index (κ1) is 15.9. The Bertz CT molecular complexity index is 733. The van der Waals surface area contributed by atoms with E-state index in [2.05, 4.69) is 10.6 Å². The second-order valence-corrected chi connectivity index (χ2v) is 5.47. The second kappa shape index (κ2) is 7.04. The Kier molecular flexibility index (Phi) is 4.65. The predicted molar refractivity (Wildman–Crippen MR) is 92.3 cm³/mol. The van der Waals surface area contributed by atoms with E-state index in [1.54, 1.807) is 23.1 Å². The summed E-state index contributed by atoms with van der Waals surface area (Å²) >= 11 is 0. The van der Waals surface area contributed by atoms with Crippen molar-refractivity contribution < 1.29 is 14.3 Å². The number of para-hydroxylation sites is 3. The second-order valence-electron chi connectivity index (χ2n) is 5.47. The molecule has 24 heavy (non-hydrogen) atoms. The number of methoxy groups -OCH3 is 1. The third-order valence-corrected chi connectivity index (χ3v) is 3.93. The molecule has 1 heterocycles.